The first-order chi connectivity index (χ1) is 9.50. The second-order valence-corrected chi connectivity index (χ2v) is 7.31. The van der Waals surface area contributed by atoms with E-state index in [1.54, 1.807) is 12.1 Å². The summed E-state index contributed by atoms with van der Waals surface area (Å²) < 4.78 is 22.7. The third kappa shape index (κ3) is 3.94. The maximum atomic E-state index is 11.3. The van der Waals surface area contributed by atoms with E-state index in [9.17, 15) is 8.42 Å². The largest absolute Gasteiger partial charge is 0.409 e. The lowest BCUT2D eigenvalue weighted by molar-refractivity contribution is 0.318. The third-order valence-electron chi connectivity index (χ3n) is 3.45. The van der Waals surface area contributed by atoms with Crippen molar-refractivity contribution in [3.63, 3.8) is 0 Å². The average molecular weight is 297 g/mol. The molecule has 110 valence electrons. The number of rotatable bonds is 5. The van der Waals surface area contributed by atoms with E-state index in [1.807, 2.05) is 12.1 Å². The van der Waals surface area contributed by atoms with Crippen molar-refractivity contribution in [2.24, 2.45) is 16.8 Å². The summed E-state index contributed by atoms with van der Waals surface area (Å²) in [5, 5.41) is 14.8. The van der Waals surface area contributed by atoms with Crippen LogP contribution in [0, 0.1) is 5.92 Å². The summed E-state index contributed by atoms with van der Waals surface area (Å²) >= 11 is 0. The highest BCUT2D eigenvalue weighted by Crippen LogP contribution is 2.17. The molecule has 1 aliphatic heterocycles. The zero-order valence-electron chi connectivity index (χ0n) is 11.1. The predicted molar refractivity (Wildman–Crippen MR) is 77.4 cm³/mol. The van der Waals surface area contributed by atoms with Gasteiger partial charge in [-0.25, -0.2) is 8.42 Å². The Bertz CT molecular complexity index is 581. The Hall–Kier alpha value is -1.60. The van der Waals surface area contributed by atoms with E-state index in [-0.39, 0.29) is 11.8 Å². The normalized spacial score (nSPS) is 22.0. The highest BCUT2D eigenvalue weighted by molar-refractivity contribution is 7.91. The molecular formula is C13H19N3O3S. The molecule has 1 aromatic rings. The fourth-order valence-corrected chi connectivity index (χ4v) is 4.17. The van der Waals surface area contributed by atoms with E-state index in [0.29, 0.717) is 30.2 Å². The molecule has 20 heavy (non-hydrogen) atoms. The Labute approximate surface area is 118 Å². The summed E-state index contributed by atoms with van der Waals surface area (Å²) in [5.74, 6) is 0.910. The van der Waals surface area contributed by atoms with E-state index < -0.39 is 9.84 Å². The van der Waals surface area contributed by atoms with Crippen LogP contribution in [0.25, 0.3) is 0 Å². The molecule has 1 aliphatic rings. The van der Waals surface area contributed by atoms with Crippen molar-refractivity contribution in [3.05, 3.63) is 35.4 Å². The second kappa shape index (κ2) is 6.23. The van der Waals surface area contributed by atoms with Crippen LogP contribution in [0.4, 0.5) is 0 Å². The number of benzene rings is 1. The van der Waals surface area contributed by atoms with Crippen molar-refractivity contribution in [2.75, 3.05) is 18.1 Å². The number of nitrogens with zero attached hydrogens (tertiary/aromatic N) is 1. The van der Waals surface area contributed by atoms with E-state index in [1.165, 1.54) is 0 Å². The molecule has 1 heterocycles. The summed E-state index contributed by atoms with van der Waals surface area (Å²) in [6.45, 7) is 1.38. The highest BCUT2D eigenvalue weighted by Gasteiger charge is 2.27. The third-order valence-corrected chi connectivity index (χ3v) is 5.28. The minimum absolute atomic E-state index is 0.0840. The van der Waals surface area contributed by atoms with Gasteiger partial charge < -0.3 is 16.3 Å². The van der Waals surface area contributed by atoms with Crippen LogP contribution in [0.2, 0.25) is 0 Å². The van der Waals surface area contributed by atoms with Crippen LogP contribution in [0.15, 0.2) is 29.4 Å². The molecule has 4 N–H and O–H groups in total. The van der Waals surface area contributed by atoms with Crippen LogP contribution in [-0.2, 0) is 16.4 Å². The average Bonchev–Trinajstić information content (AvgIpc) is 2.78. The minimum atomic E-state index is -2.80. The molecule has 1 atom stereocenters. The molecule has 1 saturated heterocycles. The van der Waals surface area contributed by atoms with Gasteiger partial charge in [0.15, 0.2) is 15.7 Å². The maximum absolute atomic E-state index is 11.3. The fourth-order valence-electron chi connectivity index (χ4n) is 2.30. The number of amidine groups is 1. The molecule has 2 rings (SSSR count). The Morgan fingerprint density at radius 1 is 1.40 bits per heavy atom. The molecule has 1 aromatic carbocycles. The van der Waals surface area contributed by atoms with Crippen molar-refractivity contribution in [1.82, 2.24) is 5.32 Å². The van der Waals surface area contributed by atoms with Crippen molar-refractivity contribution < 1.29 is 13.6 Å². The second-order valence-electron chi connectivity index (χ2n) is 5.08. The Kier molecular flexibility index (Phi) is 4.61. The van der Waals surface area contributed by atoms with Crippen LogP contribution in [0.3, 0.4) is 0 Å². The van der Waals surface area contributed by atoms with Crippen LogP contribution in [0.5, 0.6) is 0 Å². The molecule has 1 unspecified atom stereocenters. The van der Waals surface area contributed by atoms with Crippen LogP contribution in [0.1, 0.15) is 17.5 Å². The fraction of sp³-hybridized carbons (Fsp3) is 0.462. The minimum Gasteiger partial charge on any atom is -0.409 e. The summed E-state index contributed by atoms with van der Waals surface area (Å²) in [5.41, 5.74) is 7.21. The molecule has 0 bridgehead atoms. The Balaban J connectivity index is 1.80. The van der Waals surface area contributed by atoms with Gasteiger partial charge in [-0.1, -0.05) is 29.4 Å². The molecule has 1 fully saturated rings. The van der Waals surface area contributed by atoms with Crippen LogP contribution >= 0.6 is 0 Å². The van der Waals surface area contributed by atoms with Gasteiger partial charge >= 0.3 is 0 Å². The number of hydrogen-bond acceptors (Lipinski definition) is 5. The van der Waals surface area contributed by atoms with Crippen LogP contribution in [-0.4, -0.2) is 37.5 Å². The summed E-state index contributed by atoms with van der Waals surface area (Å²) in [4.78, 5) is 0. The van der Waals surface area contributed by atoms with Gasteiger partial charge in [0.05, 0.1) is 11.5 Å². The SMILES string of the molecule is NC(=NO)c1ccc(CNCC2CCS(=O)(=O)C2)cc1. The number of oxime groups is 1. The summed E-state index contributed by atoms with van der Waals surface area (Å²) in [7, 11) is -2.80. The first-order valence-electron chi connectivity index (χ1n) is 6.48. The molecule has 0 radical (unpaired) electrons. The lowest BCUT2D eigenvalue weighted by Gasteiger charge is -2.09. The molecule has 0 aromatic heterocycles. The molecule has 0 amide bonds. The molecule has 0 spiro atoms. The maximum Gasteiger partial charge on any atom is 0.170 e. The van der Waals surface area contributed by atoms with Gasteiger partial charge in [-0.3, -0.25) is 0 Å². The van der Waals surface area contributed by atoms with Gasteiger partial charge in [0.25, 0.3) is 0 Å². The van der Waals surface area contributed by atoms with E-state index in [2.05, 4.69) is 10.5 Å². The van der Waals surface area contributed by atoms with Gasteiger partial charge in [-0.2, -0.15) is 0 Å². The molecule has 6 nitrogen and oxygen atoms in total. The molecule has 0 saturated carbocycles. The standard InChI is InChI=1S/C13H19N3O3S/c14-13(16-17)12-3-1-10(2-4-12)7-15-8-11-5-6-20(18,19)9-11/h1-4,11,15,17H,5-9H2,(H2,14,16). The van der Waals surface area contributed by atoms with Gasteiger partial charge in [-0.15, -0.1) is 0 Å². The summed E-state index contributed by atoms with van der Waals surface area (Å²) in [6.07, 6.45) is 0.748. The van der Waals surface area contributed by atoms with Crippen molar-refractivity contribution in [1.29, 1.82) is 0 Å². The lowest BCUT2D eigenvalue weighted by atomic mass is 10.1. The van der Waals surface area contributed by atoms with Gasteiger partial charge in [0.1, 0.15) is 0 Å². The first kappa shape index (κ1) is 14.8. The smallest absolute Gasteiger partial charge is 0.170 e. The molecule has 0 aliphatic carbocycles. The number of nitrogens with two attached hydrogens (primary N) is 1. The van der Waals surface area contributed by atoms with Crippen molar-refractivity contribution in [3.8, 4) is 0 Å². The quantitative estimate of drug-likeness (QED) is 0.314. The van der Waals surface area contributed by atoms with Gasteiger partial charge in [0, 0.05) is 12.1 Å². The van der Waals surface area contributed by atoms with Crippen molar-refractivity contribution in [2.45, 2.75) is 13.0 Å². The van der Waals surface area contributed by atoms with Crippen molar-refractivity contribution >= 4 is 15.7 Å². The highest BCUT2D eigenvalue weighted by atomic mass is 32.2. The Morgan fingerprint density at radius 2 is 2.10 bits per heavy atom. The number of sulfone groups is 1. The summed E-state index contributed by atoms with van der Waals surface area (Å²) in [6, 6.07) is 7.36. The molecular weight excluding hydrogens is 278 g/mol. The topological polar surface area (TPSA) is 105 Å². The van der Waals surface area contributed by atoms with Crippen LogP contribution < -0.4 is 11.1 Å². The van der Waals surface area contributed by atoms with Gasteiger partial charge in [-0.05, 0) is 24.4 Å². The molecule has 7 heteroatoms. The first-order valence-corrected chi connectivity index (χ1v) is 8.30. The number of nitrogens with one attached hydrogen (secondary N) is 1. The Morgan fingerprint density at radius 3 is 2.65 bits per heavy atom. The van der Waals surface area contributed by atoms with E-state index in [0.717, 1.165) is 12.0 Å². The lowest BCUT2D eigenvalue weighted by Crippen LogP contribution is -2.23. The van der Waals surface area contributed by atoms with E-state index >= 15 is 0 Å². The van der Waals surface area contributed by atoms with Gasteiger partial charge in [0.2, 0.25) is 0 Å². The predicted octanol–water partition coefficient (Wildman–Crippen LogP) is 0.305. The number of hydrogen-bond donors (Lipinski definition) is 3. The zero-order chi connectivity index (χ0) is 14.6. The zero-order valence-corrected chi connectivity index (χ0v) is 11.9. The van der Waals surface area contributed by atoms with E-state index in [4.69, 9.17) is 10.9 Å². The monoisotopic (exact) mass is 297 g/mol.